The van der Waals surface area contributed by atoms with Gasteiger partial charge < -0.3 is 10.1 Å². The number of halogens is 3. The molecule has 1 aliphatic carbocycles. The number of nitrogens with one attached hydrogen (secondary N) is 2. The number of carbonyl (C=O) groups excluding carboxylic acids is 1. The minimum absolute atomic E-state index is 0.0912. The smallest absolute Gasteiger partial charge is 0.304 e. The maximum Gasteiger partial charge on any atom is 0.304 e. The van der Waals surface area contributed by atoms with Crippen LogP contribution in [-0.2, 0) is 21.2 Å². The normalized spacial score (nSPS) is 14.4. The Balaban J connectivity index is 1.36. The molecule has 4 rings (SSSR count). The number of benzene rings is 1. The first-order valence-corrected chi connectivity index (χ1v) is 11.9. The fourth-order valence-corrected chi connectivity index (χ4v) is 4.21. The van der Waals surface area contributed by atoms with Crippen molar-refractivity contribution in [3.05, 3.63) is 54.6 Å². The third-order valence-electron chi connectivity index (χ3n) is 4.76. The summed E-state index contributed by atoms with van der Waals surface area (Å²) in [7, 11) is -3.52. The highest BCUT2D eigenvalue weighted by Crippen LogP contribution is 2.29. The van der Waals surface area contributed by atoms with Crippen molar-refractivity contribution >= 4 is 27.6 Å². The van der Waals surface area contributed by atoms with Crippen LogP contribution in [0, 0.1) is 0 Å². The number of carbonyl (C=O) groups is 1. The van der Waals surface area contributed by atoms with Crippen LogP contribution in [0.3, 0.4) is 0 Å². The van der Waals surface area contributed by atoms with E-state index in [9.17, 15) is 26.4 Å². The van der Waals surface area contributed by atoms with E-state index >= 15 is 0 Å². The molecule has 1 aliphatic rings. The van der Waals surface area contributed by atoms with Crippen molar-refractivity contribution in [2.75, 3.05) is 10.0 Å². The lowest BCUT2D eigenvalue weighted by atomic mass is 10.1. The molecule has 14 heteroatoms. The molecule has 1 atom stereocenters. The Hall–Kier alpha value is -3.81. The second-order valence-corrected chi connectivity index (χ2v) is 9.53. The van der Waals surface area contributed by atoms with Crippen LogP contribution < -0.4 is 14.8 Å². The van der Waals surface area contributed by atoms with Gasteiger partial charge in [-0.1, -0.05) is 12.1 Å². The predicted octanol–water partition coefficient (Wildman–Crippen LogP) is 2.96. The third kappa shape index (κ3) is 6.62. The van der Waals surface area contributed by atoms with Crippen LogP contribution in [0.5, 0.6) is 5.88 Å². The minimum atomic E-state index is -3.52. The van der Waals surface area contributed by atoms with Crippen LogP contribution in [0.4, 0.5) is 24.8 Å². The Bertz CT molecular complexity index is 1310. The van der Waals surface area contributed by atoms with Gasteiger partial charge in [0.05, 0.1) is 35.5 Å². The van der Waals surface area contributed by atoms with E-state index in [-0.39, 0.29) is 18.1 Å². The molecule has 184 valence electrons. The molecular formula is C21H19F3N6O4S. The van der Waals surface area contributed by atoms with Gasteiger partial charge in [0, 0.05) is 17.4 Å². The van der Waals surface area contributed by atoms with Gasteiger partial charge in [0.1, 0.15) is 0 Å². The zero-order chi connectivity index (χ0) is 25.0. The molecule has 0 spiro atoms. The lowest BCUT2D eigenvalue weighted by Crippen LogP contribution is -2.20. The molecule has 2 N–H and O–H groups in total. The van der Waals surface area contributed by atoms with Crippen molar-refractivity contribution in [2.45, 2.75) is 37.3 Å². The summed E-state index contributed by atoms with van der Waals surface area (Å²) in [5, 5.41) is 2.25. The van der Waals surface area contributed by atoms with E-state index in [0.29, 0.717) is 29.8 Å². The number of hydrogen-bond donors (Lipinski definition) is 2. The van der Waals surface area contributed by atoms with Crippen molar-refractivity contribution in [3.63, 3.8) is 0 Å². The van der Waals surface area contributed by atoms with Gasteiger partial charge in [-0.15, -0.1) is 0 Å². The molecule has 1 amide bonds. The summed E-state index contributed by atoms with van der Waals surface area (Å²) in [6, 6.07) is 7.85. The SMILES string of the molecule is O=C(Cc1ccnc(NS(=O)(=O)C2CC2)n1)Nc1ccc(-c2cncc(OC(F)C(F)F)n2)cc1. The first kappa shape index (κ1) is 24.3. The first-order chi connectivity index (χ1) is 16.7. The van der Waals surface area contributed by atoms with E-state index in [2.05, 4.69) is 34.7 Å². The standard InChI is InChI=1S/C21H19F3N6O4S/c22-19(23)20(24)34-18-11-25-10-16(29-18)12-1-3-13(4-2-12)27-17(31)9-14-7-8-26-21(28-14)30-35(32,33)15-5-6-15/h1-4,7-8,10-11,15,19-20H,5-6,9H2,(H,27,31)(H,26,28,30). The average molecular weight is 508 g/mol. The van der Waals surface area contributed by atoms with Gasteiger partial charge in [-0.05, 0) is 31.0 Å². The second-order valence-electron chi connectivity index (χ2n) is 7.57. The van der Waals surface area contributed by atoms with E-state index in [4.69, 9.17) is 0 Å². The summed E-state index contributed by atoms with van der Waals surface area (Å²) in [6.07, 6.45) is -1.34. The second kappa shape index (κ2) is 10.2. The number of ether oxygens (including phenoxy) is 1. The molecule has 3 aromatic rings. The molecule has 1 aromatic carbocycles. The molecule has 1 unspecified atom stereocenters. The predicted molar refractivity (Wildman–Crippen MR) is 119 cm³/mol. The van der Waals surface area contributed by atoms with Crippen LogP contribution >= 0.6 is 0 Å². The minimum Gasteiger partial charge on any atom is -0.436 e. The summed E-state index contributed by atoms with van der Waals surface area (Å²) in [6.45, 7) is 0. The summed E-state index contributed by atoms with van der Waals surface area (Å²) in [5.41, 5.74) is 1.55. The molecule has 0 aliphatic heterocycles. The largest absolute Gasteiger partial charge is 0.436 e. The molecule has 0 radical (unpaired) electrons. The number of anilines is 2. The molecule has 10 nitrogen and oxygen atoms in total. The molecule has 1 fully saturated rings. The van der Waals surface area contributed by atoms with Crippen molar-refractivity contribution in [1.82, 2.24) is 19.9 Å². The van der Waals surface area contributed by atoms with Gasteiger partial charge in [-0.3, -0.25) is 14.5 Å². The van der Waals surface area contributed by atoms with Crippen molar-refractivity contribution in [2.24, 2.45) is 0 Å². The highest BCUT2D eigenvalue weighted by Gasteiger charge is 2.36. The highest BCUT2D eigenvalue weighted by atomic mass is 32.2. The third-order valence-corrected chi connectivity index (χ3v) is 6.58. The lowest BCUT2D eigenvalue weighted by Gasteiger charge is -2.10. The van der Waals surface area contributed by atoms with Gasteiger partial charge in [0.25, 0.3) is 6.36 Å². The van der Waals surface area contributed by atoms with Crippen LogP contribution in [0.1, 0.15) is 18.5 Å². The quantitative estimate of drug-likeness (QED) is 0.427. The highest BCUT2D eigenvalue weighted by molar-refractivity contribution is 7.93. The van der Waals surface area contributed by atoms with Gasteiger partial charge in [0.15, 0.2) is 0 Å². The van der Waals surface area contributed by atoms with E-state index in [0.717, 1.165) is 6.20 Å². The molecule has 1 saturated carbocycles. The zero-order valence-electron chi connectivity index (χ0n) is 17.9. The van der Waals surface area contributed by atoms with Crippen LogP contribution in [0.15, 0.2) is 48.9 Å². The molecule has 35 heavy (non-hydrogen) atoms. The first-order valence-electron chi connectivity index (χ1n) is 10.3. The van der Waals surface area contributed by atoms with E-state index in [1.54, 1.807) is 24.3 Å². The van der Waals surface area contributed by atoms with Gasteiger partial charge in [-0.25, -0.2) is 32.2 Å². The van der Waals surface area contributed by atoms with Crippen molar-refractivity contribution < 1.29 is 31.1 Å². The Kier molecular flexibility index (Phi) is 7.10. The maximum absolute atomic E-state index is 13.1. The van der Waals surface area contributed by atoms with Gasteiger partial charge in [-0.2, -0.15) is 4.39 Å². The maximum atomic E-state index is 13.1. The number of aromatic nitrogens is 4. The fourth-order valence-electron chi connectivity index (χ4n) is 2.94. The Labute approximate surface area is 198 Å². The van der Waals surface area contributed by atoms with Gasteiger partial charge >= 0.3 is 6.43 Å². The number of amides is 1. The molecule has 0 saturated heterocycles. The van der Waals surface area contributed by atoms with E-state index in [1.807, 2.05) is 0 Å². The van der Waals surface area contributed by atoms with Crippen LogP contribution in [0.25, 0.3) is 11.3 Å². The van der Waals surface area contributed by atoms with Crippen molar-refractivity contribution in [3.8, 4) is 17.1 Å². The van der Waals surface area contributed by atoms with Crippen molar-refractivity contribution in [1.29, 1.82) is 0 Å². The summed E-state index contributed by atoms with van der Waals surface area (Å²) in [4.78, 5) is 28.1. The number of hydrogen-bond acceptors (Lipinski definition) is 8. The number of alkyl halides is 3. The Morgan fingerprint density at radius 1 is 1.09 bits per heavy atom. The Morgan fingerprint density at radius 3 is 2.51 bits per heavy atom. The topological polar surface area (TPSA) is 136 Å². The summed E-state index contributed by atoms with van der Waals surface area (Å²) >= 11 is 0. The fraction of sp³-hybridized carbons (Fsp3) is 0.286. The summed E-state index contributed by atoms with van der Waals surface area (Å²) in [5.74, 6) is -0.883. The average Bonchev–Trinajstić information content (AvgIpc) is 3.66. The lowest BCUT2D eigenvalue weighted by molar-refractivity contribution is -0.115. The number of nitrogens with zero attached hydrogens (tertiary/aromatic N) is 4. The number of sulfonamides is 1. The molecule has 2 heterocycles. The molecule has 0 bridgehead atoms. The van der Waals surface area contributed by atoms with E-state index < -0.39 is 39.8 Å². The molecule has 2 aromatic heterocycles. The summed E-state index contributed by atoms with van der Waals surface area (Å²) < 4.78 is 68.5. The Morgan fingerprint density at radius 2 is 1.83 bits per heavy atom. The monoisotopic (exact) mass is 508 g/mol. The molecular weight excluding hydrogens is 489 g/mol. The number of rotatable bonds is 10. The zero-order valence-corrected chi connectivity index (χ0v) is 18.8. The van der Waals surface area contributed by atoms with Gasteiger partial charge in [0.2, 0.25) is 27.8 Å². The van der Waals surface area contributed by atoms with Crippen LogP contribution in [-0.4, -0.2) is 52.3 Å². The van der Waals surface area contributed by atoms with Crippen LogP contribution in [0.2, 0.25) is 0 Å². The van der Waals surface area contributed by atoms with E-state index in [1.165, 1.54) is 18.5 Å².